The van der Waals surface area contributed by atoms with Crippen LogP contribution in [0.3, 0.4) is 0 Å². The van der Waals surface area contributed by atoms with Gasteiger partial charge in [0.2, 0.25) is 0 Å². The van der Waals surface area contributed by atoms with Crippen LogP contribution in [0.2, 0.25) is 0 Å². The largest absolute Gasteiger partial charge is 0.390 e. The minimum absolute atomic E-state index is 0.353. The Kier molecular flexibility index (Phi) is 2.36. The van der Waals surface area contributed by atoms with Crippen LogP contribution in [0.25, 0.3) is 0 Å². The van der Waals surface area contributed by atoms with Gasteiger partial charge < -0.3 is 14.9 Å². The highest BCUT2D eigenvalue weighted by Crippen LogP contribution is 2.53. The number of hydrogen-bond acceptors (Lipinski definition) is 3. The highest BCUT2D eigenvalue weighted by Gasteiger charge is 2.59. The predicted octanol–water partition coefficient (Wildman–Crippen LogP) is 1.18. The zero-order valence-corrected chi connectivity index (χ0v) is 10.1. The summed E-state index contributed by atoms with van der Waals surface area (Å²) in [4.78, 5) is 0. The number of hydrogen-bond donors (Lipinski definition) is 2. The molecule has 92 valence electrons. The summed E-state index contributed by atoms with van der Waals surface area (Å²) in [6.07, 6.45) is 2.19. The Hall–Kier alpha value is -0.120. The molecule has 16 heavy (non-hydrogen) atoms. The molecule has 3 rings (SSSR count). The molecule has 1 saturated heterocycles. The molecule has 2 saturated carbocycles. The topological polar surface area (TPSA) is 49.7 Å². The molecule has 0 aromatic heterocycles. The van der Waals surface area contributed by atoms with E-state index in [-0.39, 0.29) is 0 Å². The van der Waals surface area contributed by atoms with E-state index in [4.69, 9.17) is 4.74 Å². The van der Waals surface area contributed by atoms with Gasteiger partial charge in [-0.05, 0) is 43.4 Å². The first-order chi connectivity index (χ1) is 7.54. The third-order valence-electron chi connectivity index (χ3n) is 5.48. The van der Waals surface area contributed by atoms with Gasteiger partial charge in [0.1, 0.15) is 5.60 Å². The molecule has 2 aliphatic carbocycles. The van der Waals surface area contributed by atoms with Crippen LogP contribution in [0.15, 0.2) is 0 Å². The first-order valence-electron chi connectivity index (χ1n) is 6.54. The monoisotopic (exact) mass is 226 g/mol. The Labute approximate surface area is 96.8 Å². The van der Waals surface area contributed by atoms with Crippen LogP contribution in [-0.2, 0) is 4.74 Å². The van der Waals surface area contributed by atoms with Crippen LogP contribution in [-0.4, -0.2) is 34.6 Å². The summed E-state index contributed by atoms with van der Waals surface area (Å²) in [5.41, 5.74) is -0.714. The Morgan fingerprint density at radius 2 is 2.00 bits per heavy atom. The maximum Gasteiger partial charge on any atom is 0.117 e. The lowest BCUT2D eigenvalue weighted by Gasteiger charge is -2.59. The fourth-order valence-electron chi connectivity index (χ4n) is 4.23. The van der Waals surface area contributed by atoms with E-state index in [0.717, 1.165) is 13.0 Å². The zero-order valence-electron chi connectivity index (χ0n) is 10.1. The second kappa shape index (κ2) is 3.44. The van der Waals surface area contributed by atoms with E-state index in [2.05, 4.69) is 6.92 Å². The smallest absolute Gasteiger partial charge is 0.117 e. The van der Waals surface area contributed by atoms with Gasteiger partial charge in [0.05, 0.1) is 18.8 Å². The molecule has 3 nitrogen and oxygen atoms in total. The molecule has 3 heteroatoms. The zero-order chi connectivity index (χ0) is 11.5. The molecule has 2 N–H and O–H groups in total. The molecule has 3 aliphatic rings. The Bertz CT molecular complexity index is 291. The van der Waals surface area contributed by atoms with E-state index in [1.807, 2.05) is 6.92 Å². The molecular weight excluding hydrogens is 204 g/mol. The van der Waals surface area contributed by atoms with E-state index < -0.39 is 17.8 Å². The lowest BCUT2D eigenvalue weighted by Crippen LogP contribution is -2.67. The van der Waals surface area contributed by atoms with Crippen molar-refractivity contribution in [1.82, 2.24) is 0 Å². The van der Waals surface area contributed by atoms with Gasteiger partial charge in [-0.3, -0.25) is 0 Å². The molecular formula is C13H22O3. The third kappa shape index (κ3) is 1.25. The summed E-state index contributed by atoms with van der Waals surface area (Å²) in [6.45, 7) is 4.85. The second-order valence-corrected chi connectivity index (χ2v) is 6.25. The van der Waals surface area contributed by atoms with Crippen molar-refractivity contribution >= 4 is 0 Å². The van der Waals surface area contributed by atoms with Crippen molar-refractivity contribution < 1.29 is 14.9 Å². The van der Waals surface area contributed by atoms with Gasteiger partial charge in [0.15, 0.2) is 0 Å². The second-order valence-electron chi connectivity index (χ2n) is 6.25. The fourth-order valence-corrected chi connectivity index (χ4v) is 4.23. The van der Waals surface area contributed by atoms with E-state index in [1.165, 1.54) is 12.8 Å². The molecule has 1 heterocycles. The number of aliphatic hydroxyl groups is 2. The van der Waals surface area contributed by atoms with Gasteiger partial charge >= 0.3 is 0 Å². The summed E-state index contributed by atoms with van der Waals surface area (Å²) < 4.78 is 5.78. The van der Waals surface area contributed by atoms with Crippen molar-refractivity contribution in [2.24, 2.45) is 23.7 Å². The van der Waals surface area contributed by atoms with E-state index in [9.17, 15) is 10.2 Å². The minimum Gasteiger partial charge on any atom is -0.390 e. The SMILES string of the molecule is CC1CCC2COC3(C)C(O)CC1C2C3O. The van der Waals surface area contributed by atoms with Gasteiger partial charge in [-0.25, -0.2) is 0 Å². The molecule has 0 aromatic rings. The van der Waals surface area contributed by atoms with Gasteiger partial charge in [-0.2, -0.15) is 0 Å². The molecule has 3 fully saturated rings. The van der Waals surface area contributed by atoms with E-state index in [1.54, 1.807) is 0 Å². The quantitative estimate of drug-likeness (QED) is 0.652. The van der Waals surface area contributed by atoms with Gasteiger partial charge in [-0.1, -0.05) is 13.3 Å². The molecule has 7 atom stereocenters. The standard InChI is InChI=1S/C13H22O3/c1-7-3-4-8-6-16-13(2)10(14)5-9(7)11(8)12(13)15/h7-12,14-15H,3-6H2,1-2H3. The molecule has 2 bridgehead atoms. The molecule has 0 spiro atoms. The van der Waals surface area contributed by atoms with Gasteiger partial charge in [0, 0.05) is 0 Å². The average Bonchev–Trinajstić information content (AvgIpc) is 2.25. The van der Waals surface area contributed by atoms with Crippen molar-refractivity contribution in [3.8, 4) is 0 Å². The first kappa shape index (κ1) is 11.0. The molecule has 0 amide bonds. The molecule has 7 unspecified atom stereocenters. The molecule has 1 aliphatic heterocycles. The fraction of sp³-hybridized carbons (Fsp3) is 1.00. The average molecular weight is 226 g/mol. The van der Waals surface area contributed by atoms with Crippen molar-refractivity contribution in [2.45, 2.75) is 50.9 Å². The summed E-state index contributed by atoms with van der Waals surface area (Å²) in [6, 6.07) is 0. The summed E-state index contributed by atoms with van der Waals surface area (Å²) in [7, 11) is 0. The van der Waals surface area contributed by atoms with Crippen LogP contribution in [0, 0.1) is 23.7 Å². The van der Waals surface area contributed by atoms with Crippen LogP contribution in [0.5, 0.6) is 0 Å². The first-order valence-corrected chi connectivity index (χ1v) is 6.54. The number of fused-ring (bicyclic) bond motifs is 1. The van der Waals surface area contributed by atoms with Crippen LogP contribution in [0.1, 0.15) is 33.1 Å². The summed E-state index contributed by atoms with van der Waals surface area (Å²) in [5.74, 6) is 1.98. The predicted molar refractivity (Wildman–Crippen MR) is 59.9 cm³/mol. The van der Waals surface area contributed by atoms with E-state index >= 15 is 0 Å². The highest BCUT2D eigenvalue weighted by molar-refractivity contribution is 5.08. The lowest BCUT2D eigenvalue weighted by molar-refractivity contribution is -0.279. The number of rotatable bonds is 0. The van der Waals surface area contributed by atoms with Crippen molar-refractivity contribution in [3.05, 3.63) is 0 Å². The Balaban J connectivity index is 1.96. The van der Waals surface area contributed by atoms with Crippen LogP contribution >= 0.6 is 0 Å². The van der Waals surface area contributed by atoms with E-state index in [0.29, 0.717) is 23.7 Å². The van der Waals surface area contributed by atoms with Gasteiger partial charge in [-0.15, -0.1) is 0 Å². The Morgan fingerprint density at radius 1 is 1.25 bits per heavy atom. The summed E-state index contributed by atoms with van der Waals surface area (Å²) >= 11 is 0. The van der Waals surface area contributed by atoms with Crippen LogP contribution in [0.4, 0.5) is 0 Å². The third-order valence-corrected chi connectivity index (χ3v) is 5.48. The van der Waals surface area contributed by atoms with Crippen molar-refractivity contribution in [3.63, 3.8) is 0 Å². The molecule has 0 aromatic carbocycles. The Morgan fingerprint density at radius 3 is 2.75 bits per heavy atom. The maximum absolute atomic E-state index is 10.5. The number of aliphatic hydroxyl groups excluding tert-OH is 2. The highest BCUT2D eigenvalue weighted by atomic mass is 16.5. The van der Waals surface area contributed by atoms with Gasteiger partial charge in [0.25, 0.3) is 0 Å². The maximum atomic E-state index is 10.5. The molecule has 0 radical (unpaired) electrons. The normalized spacial score (nSPS) is 60.8. The summed E-state index contributed by atoms with van der Waals surface area (Å²) in [5, 5.41) is 20.7. The van der Waals surface area contributed by atoms with Crippen molar-refractivity contribution in [1.29, 1.82) is 0 Å². The lowest BCUT2D eigenvalue weighted by atomic mass is 9.55. The minimum atomic E-state index is -0.714. The number of ether oxygens (including phenoxy) is 1. The van der Waals surface area contributed by atoms with Crippen molar-refractivity contribution in [2.75, 3.05) is 6.61 Å². The van der Waals surface area contributed by atoms with Crippen LogP contribution < -0.4 is 0 Å².